The number of thiol groups is 1. The maximum atomic E-state index is 11.0. The zero-order chi connectivity index (χ0) is 13.2. The van der Waals surface area contributed by atoms with Crippen LogP contribution >= 0.6 is 20.7 Å². The Balaban J connectivity index is 2.26. The lowest BCUT2D eigenvalue weighted by Crippen LogP contribution is -2.07. The predicted molar refractivity (Wildman–Crippen MR) is 79.4 cm³/mol. The van der Waals surface area contributed by atoms with Gasteiger partial charge < -0.3 is 10.5 Å². The lowest BCUT2D eigenvalue weighted by Gasteiger charge is -2.22. The van der Waals surface area contributed by atoms with Crippen molar-refractivity contribution >= 4 is 43.5 Å². The van der Waals surface area contributed by atoms with Crippen LogP contribution in [0.25, 0.3) is 0 Å². The van der Waals surface area contributed by atoms with Gasteiger partial charge in [0.05, 0.1) is 16.8 Å². The predicted octanol–water partition coefficient (Wildman–Crippen LogP) is 2.33. The van der Waals surface area contributed by atoms with Crippen LogP contribution in [0.5, 0.6) is 5.75 Å². The van der Waals surface area contributed by atoms with Crippen molar-refractivity contribution in [1.29, 1.82) is 0 Å². The summed E-state index contributed by atoms with van der Waals surface area (Å²) in [4.78, 5) is 11.0. The molecule has 1 aliphatic rings. The number of rotatable bonds is 3. The summed E-state index contributed by atoms with van der Waals surface area (Å²) in [7, 11) is -1.43. The molecule has 0 saturated carbocycles. The standard InChI is InChI=1S/C11H13N3O2S2/c1-8(15)16-10-4-2-3-9(11(10)12)5-18(17)6-13-14-7-18/h2-4,6-7,17H,5,12H2,1H3. The van der Waals surface area contributed by atoms with E-state index in [4.69, 9.17) is 10.5 Å². The largest absolute Gasteiger partial charge is 0.425 e. The molecular weight excluding hydrogens is 270 g/mol. The van der Waals surface area contributed by atoms with E-state index < -0.39 is 15.0 Å². The summed E-state index contributed by atoms with van der Waals surface area (Å²) in [6.45, 7) is 1.34. The molecule has 2 N–H and O–H groups in total. The first kappa shape index (κ1) is 13.0. The molecule has 0 aromatic heterocycles. The number of benzene rings is 1. The molecule has 1 aromatic rings. The lowest BCUT2D eigenvalue weighted by atomic mass is 10.2. The summed E-state index contributed by atoms with van der Waals surface area (Å²) in [6, 6.07) is 5.34. The first-order valence-corrected chi connectivity index (χ1v) is 8.14. The van der Waals surface area contributed by atoms with E-state index in [1.54, 1.807) is 23.2 Å². The van der Waals surface area contributed by atoms with Crippen molar-refractivity contribution < 1.29 is 9.53 Å². The van der Waals surface area contributed by atoms with Crippen molar-refractivity contribution in [3.63, 3.8) is 0 Å². The van der Waals surface area contributed by atoms with Gasteiger partial charge in [0.15, 0.2) is 5.75 Å². The topological polar surface area (TPSA) is 77.0 Å². The molecule has 0 amide bonds. The number of nitrogen functional groups attached to an aromatic ring is 1. The van der Waals surface area contributed by atoms with E-state index in [1.807, 2.05) is 6.07 Å². The lowest BCUT2D eigenvalue weighted by molar-refractivity contribution is -0.131. The highest BCUT2D eigenvalue weighted by Crippen LogP contribution is 2.53. The van der Waals surface area contributed by atoms with Crippen molar-refractivity contribution in [2.45, 2.75) is 12.7 Å². The quantitative estimate of drug-likeness (QED) is 0.294. The van der Waals surface area contributed by atoms with Gasteiger partial charge in [0.25, 0.3) is 0 Å². The average Bonchev–Trinajstić information content (AvgIpc) is 2.70. The fourth-order valence-corrected chi connectivity index (χ4v) is 3.59. The van der Waals surface area contributed by atoms with E-state index in [2.05, 4.69) is 21.9 Å². The van der Waals surface area contributed by atoms with Gasteiger partial charge in [-0.3, -0.25) is 4.79 Å². The third-order valence-electron chi connectivity index (χ3n) is 2.32. The Hall–Kier alpha value is -1.47. The van der Waals surface area contributed by atoms with Gasteiger partial charge in [-0.1, -0.05) is 12.1 Å². The maximum Gasteiger partial charge on any atom is 0.308 e. The summed E-state index contributed by atoms with van der Waals surface area (Å²) in [5.74, 6) is 0.600. The number of carbonyl (C=O) groups excluding carboxylic acids is 1. The number of ether oxygens (including phenoxy) is 1. The molecule has 0 atom stereocenters. The van der Waals surface area contributed by atoms with Crippen LogP contribution in [0.1, 0.15) is 12.5 Å². The second kappa shape index (κ2) is 5.03. The highest BCUT2D eigenvalue weighted by atomic mass is 33.1. The van der Waals surface area contributed by atoms with E-state index >= 15 is 0 Å². The van der Waals surface area contributed by atoms with E-state index in [1.165, 1.54) is 6.92 Å². The molecule has 0 spiro atoms. The average molecular weight is 283 g/mol. The summed E-state index contributed by atoms with van der Waals surface area (Å²) in [5, 5.41) is 7.62. The summed E-state index contributed by atoms with van der Waals surface area (Å²) in [5.41, 5.74) is 10.8. The Morgan fingerprint density at radius 3 is 2.72 bits per heavy atom. The van der Waals surface area contributed by atoms with E-state index in [-0.39, 0.29) is 0 Å². The van der Waals surface area contributed by atoms with Crippen molar-refractivity contribution in [3.8, 4) is 5.75 Å². The van der Waals surface area contributed by atoms with Gasteiger partial charge in [0, 0.05) is 12.7 Å². The molecule has 0 bridgehead atoms. The van der Waals surface area contributed by atoms with Crippen molar-refractivity contribution in [1.82, 2.24) is 0 Å². The highest BCUT2D eigenvalue weighted by molar-refractivity contribution is 8.98. The molecule has 0 unspecified atom stereocenters. The molecule has 7 heteroatoms. The Morgan fingerprint density at radius 2 is 2.11 bits per heavy atom. The number of esters is 1. The van der Waals surface area contributed by atoms with Crippen molar-refractivity contribution in [2.75, 3.05) is 5.73 Å². The summed E-state index contributed by atoms with van der Waals surface area (Å²) >= 11 is 4.57. The second-order valence-electron chi connectivity index (χ2n) is 3.82. The van der Waals surface area contributed by atoms with Crippen molar-refractivity contribution in [3.05, 3.63) is 23.8 Å². The van der Waals surface area contributed by atoms with Gasteiger partial charge in [-0.25, -0.2) is 0 Å². The van der Waals surface area contributed by atoms with E-state index in [0.29, 0.717) is 17.2 Å². The maximum absolute atomic E-state index is 11.0. The van der Waals surface area contributed by atoms with Gasteiger partial charge in [0.2, 0.25) is 0 Å². The minimum absolute atomic E-state index is 0.378. The molecule has 1 aliphatic heterocycles. The zero-order valence-corrected chi connectivity index (χ0v) is 11.4. The number of anilines is 1. The first-order valence-electron chi connectivity index (χ1n) is 5.16. The minimum Gasteiger partial charge on any atom is -0.425 e. The highest BCUT2D eigenvalue weighted by Gasteiger charge is 2.21. The summed E-state index contributed by atoms with van der Waals surface area (Å²) < 4.78 is 5.04. The fraction of sp³-hybridized carbons (Fsp3) is 0.182. The van der Waals surface area contributed by atoms with Crippen molar-refractivity contribution in [2.24, 2.45) is 10.2 Å². The third kappa shape index (κ3) is 2.85. The number of carbonyl (C=O) groups is 1. The molecule has 0 aliphatic carbocycles. The third-order valence-corrected chi connectivity index (χ3v) is 4.97. The van der Waals surface area contributed by atoms with E-state index in [0.717, 1.165) is 5.56 Å². The molecule has 0 radical (unpaired) electrons. The molecule has 1 aromatic carbocycles. The normalized spacial score (nSPS) is 17.7. The van der Waals surface area contributed by atoms with Crippen LogP contribution in [0, 0.1) is 0 Å². The zero-order valence-electron chi connectivity index (χ0n) is 9.74. The Morgan fingerprint density at radius 1 is 1.44 bits per heavy atom. The first-order chi connectivity index (χ1) is 8.50. The Labute approximate surface area is 111 Å². The van der Waals surface area contributed by atoms with Crippen LogP contribution in [0.15, 0.2) is 28.4 Å². The number of nitrogens with zero attached hydrogens (tertiary/aromatic N) is 2. The van der Waals surface area contributed by atoms with Gasteiger partial charge in [0.1, 0.15) is 0 Å². The second-order valence-corrected chi connectivity index (χ2v) is 8.19. The number of nitrogens with two attached hydrogens (primary N) is 1. The Kier molecular flexibility index (Phi) is 3.63. The van der Waals surface area contributed by atoms with Gasteiger partial charge >= 0.3 is 5.97 Å². The van der Waals surface area contributed by atoms with Gasteiger partial charge in [-0.15, -0.1) is 20.7 Å². The number of hydrogen-bond acceptors (Lipinski definition) is 6. The van der Waals surface area contributed by atoms with Crippen LogP contribution in [-0.4, -0.2) is 17.1 Å². The van der Waals surface area contributed by atoms with Gasteiger partial charge in [-0.2, -0.15) is 10.2 Å². The minimum atomic E-state index is -1.43. The van der Waals surface area contributed by atoms with Gasteiger partial charge in [-0.05, 0) is 11.6 Å². The molecule has 1 heterocycles. The van der Waals surface area contributed by atoms with E-state index in [9.17, 15) is 4.79 Å². The summed E-state index contributed by atoms with van der Waals surface area (Å²) in [6.07, 6.45) is 0. The number of hydrogen-bond donors (Lipinski definition) is 2. The fourth-order valence-electron chi connectivity index (χ4n) is 1.53. The van der Waals surface area contributed by atoms with Crippen LogP contribution in [0.4, 0.5) is 5.69 Å². The molecular formula is C11H13N3O2S2. The van der Waals surface area contributed by atoms with Crippen LogP contribution in [0.2, 0.25) is 0 Å². The molecule has 96 valence electrons. The molecule has 18 heavy (non-hydrogen) atoms. The smallest absolute Gasteiger partial charge is 0.308 e. The molecule has 2 rings (SSSR count). The number of para-hydroxylation sites is 1. The van der Waals surface area contributed by atoms with Crippen LogP contribution < -0.4 is 10.5 Å². The molecule has 0 fully saturated rings. The molecule has 0 saturated heterocycles. The SMILES string of the molecule is CC(=O)Oc1cccc(CS2(S)C=NN=C2)c1N. The monoisotopic (exact) mass is 283 g/mol. The molecule has 5 nitrogen and oxygen atoms in total. The van der Waals surface area contributed by atoms with Crippen LogP contribution in [0.3, 0.4) is 0 Å². The van der Waals surface area contributed by atoms with Crippen LogP contribution in [-0.2, 0) is 10.5 Å². The Bertz CT molecular complexity index is 531.